The quantitative estimate of drug-likeness (QED) is 0.235. The van der Waals surface area contributed by atoms with Gasteiger partial charge in [0.15, 0.2) is 11.0 Å². The van der Waals surface area contributed by atoms with Crippen LogP contribution < -0.4 is 0 Å². The second-order valence-corrected chi connectivity index (χ2v) is 9.16. The first-order valence-corrected chi connectivity index (χ1v) is 12.3. The average Bonchev–Trinajstić information content (AvgIpc) is 3.51. The molecule has 8 heteroatoms. The molecule has 5 rings (SSSR count). The molecule has 0 aliphatic heterocycles. The number of benzene rings is 3. The summed E-state index contributed by atoms with van der Waals surface area (Å²) in [5, 5.41) is 14.6. The third kappa shape index (κ3) is 4.62. The molecule has 170 valence electrons. The third-order valence-corrected chi connectivity index (χ3v) is 6.68. The van der Waals surface area contributed by atoms with Crippen LogP contribution in [0.4, 0.5) is 0 Å². The molecule has 0 unspecified atom stereocenters. The lowest BCUT2D eigenvalue weighted by molar-refractivity contribution is 0.391. The summed E-state index contributed by atoms with van der Waals surface area (Å²) >= 11 is 7.60. The minimum absolute atomic E-state index is 0.477. The molecule has 2 heterocycles. The predicted molar refractivity (Wildman–Crippen MR) is 135 cm³/mol. The second-order valence-electron chi connectivity index (χ2n) is 7.78. The molecule has 3 aromatic carbocycles. The van der Waals surface area contributed by atoms with E-state index in [4.69, 9.17) is 16.1 Å². The number of aromatic nitrogens is 5. The first-order valence-electron chi connectivity index (χ1n) is 10.9. The molecule has 0 N–H and O–H groups in total. The fraction of sp³-hybridized carbons (Fsp3) is 0.154. The fourth-order valence-electron chi connectivity index (χ4n) is 3.64. The van der Waals surface area contributed by atoms with Crippen LogP contribution in [0, 0.1) is 6.92 Å². The smallest absolute Gasteiger partial charge is 0.237 e. The Balaban J connectivity index is 1.46. The van der Waals surface area contributed by atoms with Gasteiger partial charge in [-0.1, -0.05) is 71.8 Å². The lowest BCUT2D eigenvalue weighted by Gasteiger charge is -2.11. The van der Waals surface area contributed by atoms with Gasteiger partial charge in [0.05, 0.1) is 5.75 Å². The van der Waals surface area contributed by atoms with E-state index >= 15 is 0 Å². The van der Waals surface area contributed by atoms with Crippen LogP contribution in [-0.4, -0.2) is 24.9 Å². The van der Waals surface area contributed by atoms with E-state index in [2.05, 4.69) is 51.5 Å². The molecule has 34 heavy (non-hydrogen) atoms. The molecule has 0 bridgehead atoms. The molecule has 0 aliphatic rings. The average molecular weight is 488 g/mol. The van der Waals surface area contributed by atoms with E-state index in [0.717, 1.165) is 39.8 Å². The lowest BCUT2D eigenvalue weighted by Crippen LogP contribution is -2.00. The van der Waals surface area contributed by atoms with E-state index in [0.29, 0.717) is 22.5 Å². The number of thioether (sulfide) groups is 1. The molecule has 0 saturated carbocycles. The van der Waals surface area contributed by atoms with Crippen molar-refractivity contribution in [2.24, 2.45) is 0 Å². The highest BCUT2D eigenvalue weighted by Crippen LogP contribution is 2.31. The summed E-state index contributed by atoms with van der Waals surface area (Å²) in [7, 11) is 0. The minimum atomic E-state index is 0.477. The molecule has 6 nitrogen and oxygen atoms in total. The monoisotopic (exact) mass is 487 g/mol. The number of rotatable bonds is 7. The molecule has 0 spiro atoms. The fourth-order valence-corrected chi connectivity index (χ4v) is 4.55. The molecule has 0 amide bonds. The summed E-state index contributed by atoms with van der Waals surface area (Å²) in [4.78, 5) is 4.59. The Morgan fingerprint density at radius 1 is 0.941 bits per heavy atom. The molecule has 0 saturated heterocycles. The van der Waals surface area contributed by atoms with Crippen molar-refractivity contribution in [3.05, 3.63) is 94.8 Å². The highest BCUT2D eigenvalue weighted by molar-refractivity contribution is 7.98. The Morgan fingerprint density at radius 2 is 1.71 bits per heavy atom. The van der Waals surface area contributed by atoms with Gasteiger partial charge < -0.3 is 4.52 Å². The molecular weight excluding hydrogens is 466 g/mol. The first-order chi connectivity index (χ1) is 16.6. The van der Waals surface area contributed by atoms with Gasteiger partial charge in [0, 0.05) is 21.8 Å². The first kappa shape index (κ1) is 22.4. The van der Waals surface area contributed by atoms with Crippen LogP contribution in [0.2, 0.25) is 5.02 Å². The van der Waals surface area contributed by atoms with Gasteiger partial charge in [-0.3, -0.25) is 4.57 Å². The van der Waals surface area contributed by atoms with Crippen molar-refractivity contribution < 1.29 is 4.52 Å². The van der Waals surface area contributed by atoms with E-state index in [9.17, 15) is 0 Å². The second kappa shape index (κ2) is 9.83. The van der Waals surface area contributed by atoms with Crippen LogP contribution in [0.25, 0.3) is 28.5 Å². The standard InChI is InChI=1S/C26H22ClN5OS/c1-3-18-8-14-21(15-9-18)32-25(19-10-12-20(27)13-11-19)29-30-26(32)34-16-23-28-24(31-33-23)22-7-5-4-6-17(22)2/h4-15H,3,16H2,1-2H3. The van der Waals surface area contributed by atoms with Gasteiger partial charge in [-0.15, -0.1) is 10.2 Å². The maximum atomic E-state index is 6.10. The van der Waals surface area contributed by atoms with Gasteiger partial charge in [-0.05, 0) is 60.9 Å². The van der Waals surface area contributed by atoms with Crippen molar-refractivity contribution in [2.45, 2.75) is 31.2 Å². The van der Waals surface area contributed by atoms with Crippen LogP contribution in [-0.2, 0) is 12.2 Å². The zero-order valence-corrected chi connectivity index (χ0v) is 20.3. The topological polar surface area (TPSA) is 69.6 Å². The Labute approximate surface area is 207 Å². The van der Waals surface area contributed by atoms with Crippen molar-refractivity contribution in [2.75, 3.05) is 0 Å². The van der Waals surface area contributed by atoms with Crippen LogP contribution in [0.5, 0.6) is 0 Å². The summed E-state index contributed by atoms with van der Waals surface area (Å²) in [6, 6.07) is 24.0. The normalized spacial score (nSPS) is 11.1. The Hall–Kier alpha value is -3.42. The zero-order chi connectivity index (χ0) is 23.5. The van der Waals surface area contributed by atoms with Crippen LogP contribution in [0.1, 0.15) is 23.9 Å². The predicted octanol–water partition coefficient (Wildman–Crippen LogP) is 6.80. The van der Waals surface area contributed by atoms with Crippen molar-refractivity contribution in [3.63, 3.8) is 0 Å². The Bertz CT molecular complexity index is 1410. The van der Waals surface area contributed by atoms with Crippen molar-refractivity contribution in [1.82, 2.24) is 24.9 Å². The molecule has 2 aromatic heterocycles. The Kier molecular flexibility index (Phi) is 6.47. The van der Waals surface area contributed by atoms with E-state index in [1.165, 1.54) is 17.3 Å². The number of hydrogen-bond acceptors (Lipinski definition) is 6. The van der Waals surface area contributed by atoms with Crippen molar-refractivity contribution in [3.8, 4) is 28.5 Å². The molecule has 0 fully saturated rings. The summed E-state index contributed by atoms with van der Waals surface area (Å²) in [6.07, 6.45) is 0.981. The summed E-state index contributed by atoms with van der Waals surface area (Å²) in [5.41, 5.74) is 5.26. The number of aryl methyl sites for hydroxylation is 2. The minimum Gasteiger partial charge on any atom is -0.338 e. The summed E-state index contributed by atoms with van der Waals surface area (Å²) in [5.74, 6) is 2.35. The van der Waals surface area contributed by atoms with Crippen LogP contribution in [0.15, 0.2) is 82.5 Å². The van der Waals surface area contributed by atoms with E-state index in [-0.39, 0.29) is 0 Å². The van der Waals surface area contributed by atoms with Crippen molar-refractivity contribution >= 4 is 23.4 Å². The SMILES string of the molecule is CCc1ccc(-n2c(SCc3nc(-c4ccccc4C)no3)nnc2-c2ccc(Cl)cc2)cc1. The van der Waals surface area contributed by atoms with Gasteiger partial charge in [0.2, 0.25) is 11.7 Å². The van der Waals surface area contributed by atoms with Crippen molar-refractivity contribution in [1.29, 1.82) is 0 Å². The number of halogens is 1. The largest absolute Gasteiger partial charge is 0.338 e. The van der Waals surface area contributed by atoms with E-state index in [1.807, 2.05) is 60.0 Å². The number of hydrogen-bond donors (Lipinski definition) is 0. The third-order valence-electron chi connectivity index (χ3n) is 5.52. The number of nitrogens with zero attached hydrogens (tertiary/aromatic N) is 5. The van der Waals surface area contributed by atoms with Gasteiger partial charge in [-0.2, -0.15) is 4.98 Å². The molecular formula is C26H22ClN5OS. The zero-order valence-electron chi connectivity index (χ0n) is 18.8. The van der Waals surface area contributed by atoms with Gasteiger partial charge in [-0.25, -0.2) is 0 Å². The highest BCUT2D eigenvalue weighted by Gasteiger charge is 2.18. The van der Waals surface area contributed by atoms with Crippen LogP contribution >= 0.6 is 23.4 Å². The summed E-state index contributed by atoms with van der Waals surface area (Å²) in [6.45, 7) is 4.18. The maximum Gasteiger partial charge on any atom is 0.237 e. The molecule has 0 radical (unpaired) electrons. The summed E-state index contributed by atoms with van der Waals surface area (Å²) < 4.78 is 7.57. The van der Waals surface area contributed by atoms with Crippen LogP contribution in [0.3, 0.4) is 0 Å². The van der Waals surface area contributed by atoms with E-state index < -0.39 is 0 Å². The van der Waals surface area contributed by atoms with Gasteiger partial charge in [0.25, 0.3) is 0 Å². The van der Waals surface area contributed by atoms with Gasteiger partial charge in [0.1, 0.15) is 0 Å². The lowest BCUT2D eigenvalue weighted by atomic mass is 10.1. The molecule has 5 aromatic rings. The van der Waals surface area contributed by atoms with E-state index in [1.54, 1.807) is 0 Å². The maximum absolute atomic E-state index is 6.10. The Morgan fingerprint density at radius 3 is 2.44 bits per heavy atom. The molecule has 0 aliphatic carbocycles. The molecule has 0 atom stereocenters. The van der Waals surface area contributed by atoms with Gasteiger partial charge >= 0.3 is 0 Å². The highest BCUT2D eigenvalue weighted by atomic mass is 35.5.